The Morgan fingerprint density at radius 1 is 1.18 bits per heavy atom. The van der Waals surface area contributed by atoms with Gasteiger partial charge in [-0.05, 0) is 55.5 Å². The van der Waals surface area contributed by atoms with Crippen LogP contribution >= 0.6 is 27.3 Å². The van der Waals surface area contributed by atoms with Gasteiger partial charge < -0.3 is 4.42 Å². The fourth-order valence-corrected chi connectivity index (χ4v) is 4.42. The number of furan rings is 1. The van der Waals surface area contributed by atoms with Gasteiger partial charge in [0.2, 0.25) is 0 Å². The molecule has 2 aromatic rings. The van der Waals surface area contributed by atoms with Crippen LogP contribution in [0.25, 0.3) is 0 Å². The summed E-state index contributed by atoms with van der Waals surface area (Å²) in [6.45, 7) is 3.64. The average Bonchev–Trinajstić information content (AvgIpc) is 2.91. The third kappa shape index (κ3) is 3.13. The number of anilines is 1. The molecule has 0 aliphatic heterocycles. The van der Waals surface area contributed by atoms with Crippen LogP contribution < -0.4 is 5.32 Å². The normalized spacial score (nSPS) is 15.0. The second kappa shape index (κ2) is 6.54. The standard InChI is InChI=1S/C16H19BrN2O2S/c1-9-13(14(17)10(2)21-9)15(20)19-16-18-11-7-5-3-4-6-8-12(11)22-16/h3-8H2,1-2H3,(H,18,19,20). The summed E-state index contributed by atoms with van der Waals surface area (Å²) in [5.41, 5.74) is 1.72. The highest BCUT2D eigenvalue weighted by Crippen LogP contribution is 2.31. The zero-order valence-electron chi connectivity index (χ0n) is 12.8. The number of carbonyl (C=O) groups is 1. The number of halogens is 1. The molecule has 0 unspecified atom stereocenters. The lowest BCUT2D eigenvalue weighted by Crippen LogP contribution is -2.12. The summed E-state index contributed by atoms with van der Waals surface area (Å²) >= 11 is 5.03. The fraction of sp³-hybridized carbons (Fsp3) is 0.500. The van der Waals surface area contributed by atoms with Crippen molar-refractivity contribution in [2.45, 2.75) is 52.4 Å². The maximum atomic E-state index is 12.5. The molecule has 0 saturated carbocycles. The van der Waals surface area contributed by atoms with Crippen molar-refractivity contribution >= 4 is 38.3 Å². The van der Waals surface area contributed by atoms with Gasteiger partial charge in [0, 0.05) is 4.88 Å². The molecule has 4 nitrogen and oxygen atoms in total. The van der Waals surface area contributed by atoms with Crippen LogP contribution in [0.1, 0.15) is 58.1 Å². The van der Waals surface area contributed by atoms with Crippen LogP contribution in [-0.2, 0) is 12.8 Å². The molecule has 118 valence electrons. The van der Waals surface area contributed by atoms with E-state index >= 15 is 0 Å². The molecule has 22 heavy (non-hydrogen) atoms. The molecule has 0 radical (unpaired) electrons. The maximum Gasteiger partial charge on any atom is 0.262 e. The number of nitrogens with one attached hydrogen (secondary N) is 1. The zero-order valence-corrected chi connectivity index (χ0v) is 15.2. The minimum atomic E-state index is -0.164. The SMILES string of the molecule is Cc1oc(C)c(C(=O)Nc2nc3c(s2)CCCCCC3)c1Br. The molecule has 1 aliphatic rings. The van der Waals surface area contributed by atoms with Gasteiger partial charge in [-0.15, -0.1) is 11.3 Å². The predicted octanol–water partition coefficient (Wildman–Crippen LogP) is 5.03. The Bertz CT molecular complexity index is 680. The second-order valence-electron chi connectivity index (χ2n) is 5.66. The highest BCUT2D eigenvalue weighted by Gasteiger charge is 2.22. The number of hydrogen-bond acceptors (Lipinski definition) is 4. The molecular formula is C16H19BrN2O2S. The highest BCUT2D eigenvalue weighted by atomic mass is 79.9. The molecule has 2 heterocycles. The van der Waals surface area contributed by atoms with E-state index in [4.69, 9.17) is 4.42 Å². The summed E-state index contributed by atoms with van der Waals surface area (Å²) in [5, 5.41) is 3.63. The van der Waals surface area contributed by atoms with Gasteiger partial charge in [-0.1, -0.05) is 12.8 Å². The quantitative estimate of drug-likeness (QED) is 0.792. The number of thiazole rings is 1. The molecule has 6 heteroatoms. The van der Waals surface area contributed by atoms with E-state index in [1.165, 1.54) is 36.3 Å². The van der Waals surface area contributed by atoms with Crippen LogP contribution in [0.2, 0.25) is 0 Å². The maximum absolute atomic E-state index is 12.5. The molecule has 0 fully saturated rings. The van der Waals surface area contributed by atoms with Crippen molar-refractivity contribution in [2.75, 3.05) is 5.32 Å². The van der Waals surface area contributed by atoms with Crippen molar-refractivity contribution in [1.29, 1.82) is 0 Å². The third-order valence-corrected chi connectivity index (χ3v) is 6.01. The van der Waals surface area contributed by atoms with Gasteiger partial charge in [-0.2, -0.15) is 0 Å². The first kappa shape index (κ1) is 15.7. The van der Waals surface area contributed by atoms with Crippen LogP contribution in [0, 0.1) is 13.8 Å². The van der Waals surface area contributed by atoms with Crippen LogP contribution in [0.3, 0.4) is 0 Å². The van der Waals surface area contributed by atoms with Crippen LogP contribution in [0.4, 0.5) is 5.13 Å². The average molecular weight is 383 g/mol. The number of aromatic nitrogens is 1. The highest BCUT2D eigenvalue weighted by molar-refractivity contribution is 9.10. The zero-order chi connectivity index (χ0) is 15.7. The van der Waals surface area contributed by atoms with E-state index in [-0.39, 0.29) is 5.91 Å². The number of hydrogen-bond donors (Lipinski definition) is 1. The summed E-state index contributed by atoms with van der Waals surface area (Å²) in [6.07, 6.45) is 7.08. The van der Waals surface area contributed by atoms with E-state index in [0.717, 1.165) is 17.3 Å². The molecule has 2 aromatic heterocycles. The van der Waals surface area contributed by atoms with E-state index in [0.29, 0.717) is 22.2 Å². The number of aryl methyl sites for hydroxylation is 4. The van der Waals surface area contributed by atoms with Crippen LogP contribution in [0.15, 0.2) is 8.89 Å². The van der Waals surface area contributed by atoms with Gasteiger partial charge in [0.05, 0.1) is 15.7 Å². The summed E-state index contributed by atoms with van der Waals surface area (Å²) in [4.78, 5) is 18.4. The molecular weight excluding hydrogens is 364 g/mol. The summed E-state index contributed by atoms with van der Waals surface area (Å²) in [6, 6.07) is 0. The van der Waals surface area contributed by atoms with Gasteiger partial charge in [0.1, 0.15) is 11.5 Å². The van der Waals surface area contributed by atoms with Crippen LogP contribution in [0.5, 0.6) is 0 Å². The predicted molar refractivity (Wildman–Crippen MR) is 91.8 cm³/mol. The van der Waals surface area contributed by atoms with E-state index in [9.17, 15) is 4.79 Å². The monoisotopic (exact) mass is 382 g/mol. The summed E-state index contributed by atoms with van der Waals surface area (Å²) in [5.74, 6) is 1.17. The Hall–Kier alpha value is -1.14. The molecule has 3 rings (SSSR count). The molecule has 0 aromatic carbocycles. The minimum absolute atomic E-state index is 0.164. The van der Waals surface area contributed by atoms with Gasteiger partial charge >= 0.3 is 0 Å². The van der Waals surface area contributed by atoms with E-state index in [1.54, 1.807) is 18.3 Å². The number of carbonyl (C=O) groups excluding carboxylic acids is 1. The molecule has 0 atom stereocenters. The van der Waals surface area contributed by atoms with Crippen molar-refractivity contribution in [3.05, 3.63) is 32.1 Å². The molecule has 1 amide bonds. The Morgan fingerprint density at radius 3 is 2.59 bits per heavy atom. The van der Waals surface area contributed by atoms with E-state index in [2.05, 4.69) is 26.2 Å². The van der Waals surface area contributed by atoms with Crippen molar-refractivity contribution in [1.82, 2.24) is 4.98 Å². The van der Waals surface area contributed by atoms with Crippen molar-refractivity contribution < 1.29 is 9.21 Å². The fourth-order valence-electron chi connectivity index (χ4n) is 2.83. The first-order valence-electron chi connectivity index (χ1n) is 7.61. The largest absolute Gasteiger partial charge is 0.465 e. The first-order chi connectivity index (χ1) is 10.6. The molecule has 1 N–H and O–H groups in total. The molecule has 0 bridgehead atoms. The Kier molecular flexibility index (Phi) is 4.68. The number of nitrogens with zero attached hydrogens (tertiary/aromatic N) is 1. The molecule has 0 saturated heterocycles. The van der Waals surface area contributed by atoms with Crippen LogP contribution in [-0.4, -0.2) is 10.9 Å². The van der Waals surface area contributed by atoms with Gasteiger partial charge in [0.25, 0.3) is 5.91 Å². The lowest BCUT2D eigenvalue weighted by atomic mass is 10.0. The topological polar surface area (TPSA) is 55.1 Å². The molecule has 1 aliphatic carbocycles. The smallest absolute Gasteiger partial charge is 0.262 e. The first-order valence-corrected chi connectivity index (χ1v) is 9.22. The van der Waals surface area contributed by atoms with Crippen molar-refractivity contribution in [2.24, 2.45) is 0 Å². The Labute approximate surface area is 142 Å². The lowest BCUT2D eigenvalue weighted by Gasteiger charge is -2.06. The number of rotatable bonds is 2. The van der Waals surface area contributed by atoms with E-state index < -0.39 is 0 Å². The second-order valence-corrected chi connectivity index (χ2v) is 7.54. The van der Waals surface area contributed by atoms with Gasteiger partial charge in [0.15, 0.2) is 5.13 Å². The Balaban J connectivity index is 1.81. The number of amides is 1. The summed E-state index contributed by atoms with van der Waals surface area (Å²) < 4.78 is 6.21. The van der Waals surface area contributed by atoms with Gasteiger partial charge in [-0.25, -0.2) is 4.98 Å². The van der Waals surface area contributed by atoms with Crippen molar-refractivity contribution in [3.63, 3.8) is 0 Å². The van der Waals surface area contributed by atoms with Crippen molar-refractivity contribution in [3.8, 4) is 0 Å². The summed E-state index contributed by atoms with van der Waals surface area (Å²) in [7, 11) is 0. The third-order valence-electron chi connectivity index (χ3n) is 3.98. The number of fused-ring (bicyclic) bond motifs is 1. The van der Waals surface area contributed by atoms with E-state index in [1.807, 2.05) is 6.92 Å². The molecule has 0 spiro atoms. The Morgan fingerprint density at radius 2 is 1.91 bits per heavy atom. The lowest BCUT2D eigenvalue weighted by molar-refractivity contribution is 0.102. The minimum Gasteiger partial charge on any atom is -0.465 e. The van der Waals surface area contributed by atoms with Gasteiger partial charge in [-0.3, -0.25) is 10.1 Å².